The summed E-state index contributed by atoms with van der Waals surface area (Å²) in [4.78, 5) is 8.59. The van der Waals surface area contributed by atoms with Crippen LogP contribution in [0.4, 0.5) is 5.82 Å². The first-order valence-corrected chi connectivity index (χ1v) is 4.43. The Kier molecular flexibility index (Phi) is 2.05. The smallest absolute Gasteiger partial charge is 0.151 e. The number of fused-ring (bicyclic) bond motifs is 1. The summed E-state index contributed by atoms with van der Waals surface area (Å²) in [5, 5.41) is 0.957. The Morgan fingerprint density at radius 1 is 1.21 bits per heavy atom. The van der Waals surface area contributed by atoms with Gasteiger partial charge in [-0.25, -0.2) is 15.8 Å². The molecule has 0 aliphatic heterocycles. The van der Waals surface area contributed by atoms with Gasteiger partial charge in [-0.2, -0.15) is 0 Å². The molecule has 0 fully saturated rings. The minimum atomic E-state index is 0.677. The highest BCUT2D eigenvalue weighted by Crippen LogP contribution is 2.21. The molecule has 1 aromatic heterocycles. The molecule has 0 saturated carbocycles. The van der Waals surface area contributed by atoms with E-state index in [0.717, 1.165) is 22.3 Å². The van der Waals surface area contributed by atoms with Gasteiger partial charge in [-0.3, -0.25) is 0 Å². The molecule has 2 rings (SSSR count). The van der Waals surface area contributed by atoms with E-state index < -0.39 is 0 Å². The number of aryl methyl sites for hydroxylation is 2. The van der Waals surface area contributed by atoms with Crippen molar-refractivity contribution in [2.75, 3.05) is 5.43 Å². The number of rotatable bonds is 1. The number of hydrazine groups is 1. The maximum atomic E-state index is 5.39. The first-order chi connectivity index (χ1) is 6.72. The zero-order valence-corrected chi connectivity index (χ0v) is 8.20. The average Bonchev–Trinajstić information content (AvgIpc) is 2.18. The largest absolute Gasteiger partial charge is 0.308 e. The molecule has 1 heterocycles. The standard InChI is InChI=1S/C10H12N4/c1-6-4-3-5-8-9(6)12-7(2)13-10(8)14-11/h3-5H,11H2,1-2H3,(H,12,13,14). The summed E-state index contributed by atoms with van der Waals surface area (Å²) in [6.07, 6.45) is 0. The highest BCUT2D eigenvalue weighted by molar-refractivity contribution is 5.90. The molecule has 0 saturated heterocycles. The van der Waals surface area contributed by atoms with Crippen LogP contribution in [0.25, 0.3) is 10.9 Å². The van der Waals surface area contributed by atoms with Gasteiger partial charge in [0.2, 0.25) is 0 Å². The molecule has 0 atom stereocenters. The summed E-state index contributed by atoms with van der Waals surface area (Å²) in [5.74, 6) is 6.79. The molecule has 0 aliphatic rings. The average molecular weight is 188 g/mol. The Bertz CT molecular complexity index is 479. The van der Waals surface area contributed by atoms with Gasteiger partial charge in [-0.1, -0.05) is 12.1 Å². The van der Waals surface area contributed by atoms with Crippen LogP contribution in [-0.2, 0) is 0 Å². The molecule has 3 N–H and O–H groups in total. The fourth-order valence-corrected chi connectivity index (χ4v) is 1.52. The van der Waals surface area contributed by atoms with E-state index >= 15 is 0 Å². The van der Waals surface area contributed by atoms with Gasteiger partial charge in [0.1, 0.15) is 5.82 Å². The van der Waals surface area contributed by atoms with Crippen LogP contribution in [-0.4, -0.2) is 9.97 Å². The predicted molar refractivity (Wildman–Crippen MR) is 56.8 cm³/mol. The lowest BCUT2D eigenvalue weighted by atomic mass is 10.1. The van der Waals surface area contributed by atoms with Crippen molar-refractivity contribution >= 4 is 16.7 Å². The Morgan fingerprint density at radius 3 is 2.71 bits per heavy atom. The molecule has 1 aromatic carbocycles. The number of hydrogen-bond acceptors (Lipinski definition) is 4. The maximum absolute atomic E-state index is 5.39. The number of para-hydroxylation sites is 1. The zero-order chi connectivity index (χ0) is 10.1. The second-order valence-corrected chi connectivity index (χ2v) is 3.23. The Morgan fingerprint density at radius 2 is 2.00 bits per heavy atom. The summed E-state index contributed by atoms with van der Waals surface area (Å²) in [5.41, 5.74) is 4.67. The zero-order valence-electron chi connectivity index (χ0n) is 8.20. The SMILES string of the molecule is Cc1nc(NN)c2cccc(C)c2n1. The molecule has 14 heavy (non-hydrogen) atoms. The van der Waals surface area contributed by atoms with Gasteiger partial charge in [-0.15, -0.1) is 0 Å². The lowest BCUT2D eigenvalue weighted by Gasteiger charge is -2.07. The number of nitrogens with two attached hydrogens (primary N) is 1. The summed E-state index contributed by atoms with van der Waals surface area (Å²) in [6, 6.07) is 5.95. The minimum absolute atomic E-state index is 0.677. The first kappa shape index (κ1) is 8.90. The first-order valence-electron chi connectivity index (χ1n) is 4.43. The molecule has 0 amide bonds. The van der Waals surface area contributed by atoms with E-state index in [2.05, 4.69) is 15.4 Å². The summed E-state index contributed by atoms with van der Waals surface area (Å²) >= 11 is 0. The fourth-order valence-electron chi connectivity index (χ4n) is 1.52. The summed E-state index contributed by atoms with van der Waals surface area (Å²) in [7, 11) is 0. The van der Waals surface area contributed by atoms with Gasteiger partial charge in [0.25, 0.3) is 0 Å². The third kappa shape index (κ3) is 1.29. The van der Waals surface area contributed by atoms with E-state index in [9.17, 15) is 0 Å². The molecule has 0 unspecified atom stereocenters. The lowest BCUT2D eigenvalue weighted by molar-refractivity contribution is 1.07. The van der Waals surface area contributed by atoms with Crippen LogP contribution < -0.4 is 11.3 Å². The van der Waals surface area contributed by atoms with E-state index in [-0.39, 0.29) is 0 Å². The third-order valence-electron chi connectivity index (χ3n) is 2.18. The quantitative estimate of drug-likeness (QED) is 0.526. The normalized spacial score (nSPS) is 10.5. The van der Waals surface area contributed by atoms with E-state index in [4.69, 9.17) is 5.84 Å². The molecule has 4 heteroatoms. The molecule has 4 nitrogen and oxygen atoms in total. The van der Waals surface area contributed by atoms with Crippen LogP contribution in [0.2, 0.25) is 0 Å². The van der Waals surface area contributed by atoms with Crippen LogP contribution in [0.15, 0.2) is 18.2 Å². The highest BCUT2D eigenvalue weighted by Gasteiger charge is 2.05. The minimum Gasteiger partial charge on any atom is -0.308 e. The Labute approximate surface area is 82.1 Å². The molecule has 0 bridgehead atoms. The van der Waals surface area contributed by atoms with Gasteiger partial charge < -0.3 is 5.43 Å². The molecule has 0 aliphatic carbocycles. The number of benzene rings is 1. The van der Waals surface area contributed by atoms with Crippen molar-refractivity contribution in [1.29, 1.82) is 0 Å². The number of anilines is 1. The van der Waals surface area contributed by atoms with Gasteiger partial charge in [0.15, 0.2) is 5.82 Å². The van der Waals surface area contributed by atoms with Crippen molar-refractivity contribution in [1.82, 2.24) is 9.97 Å². The topological polar surface area (TPSA) is 63.8 Å². The van der Waals surface area contributed by atoms with Crippen LogP contribution in [0, 0.1) is 13.8 Å². The monoisotopic (exact) mass is 188 g/mol. The van der Waals surface area contributed by atoms with Gasteiger partial charge in [0.05, 0.1) is 5.52 Å². The van der Waals surface area contributed by atoms with Crippen molar-refractivity contribution in [3.05, 3.63) is 29.6 Å². The second kappa shape index (κ2) is 3.23. The molecule has 0 radical (unpaired) electrons. The lowest BCUT2D eigenvalue weighted by Crippen LogP contribution is -2.10. The number of aromatic nitrogens is 2. The van der Waals surface area contributed by atoms with Crippen molar-refractivity contribution in [2.45, 2.75) is 13.8 Å². The predicted octanol–water partition coefficient (Wildman–Crippen LogP) is 1.53. The van der Waals surface area contributed by atoms with Crippen molar-refractivity contribution in [3.8, 4) is 0 Å². The van der Waals surface area contributed by atoms with Crippen LogP contribution in [0.5, 0.6) is 0 Å². The van der Waals surface area contributed by atoms with E-state index in [1.807, 2.05) is 32.0 Å². The summed E-state index contributed by atoms with van der Waals surface area (Å²) in [6.45, 7) is 3.88. The molecular formula is C10H12N4. The van der Waals surface area contributed by atoms with Gasteiger partial charge in [0, 0.05) is 5.39 Å². The number of nitrogens with one attached hydrogen (secondary N) is 1. The van der Waals surface area contributed by atoms with Crippen molar-refractivity contribution in [2.24, 2.45) is 5.84 Å². The molecule has 0 spiro atoms. The highest BCUT2D eigenvalue weighted by atomic mass is 15.3. The van der Waals surface area contributed by atoms with Crippen molar-refractivity contribution < 1.29 is 0 Å². The number of nitrogen functional groups attached to an aromatic ring is 1. The van der Waals surface area contributed by atoms with E-state index in [0.29, 0.717) is 5.82 Å². The summed E-state index contributed by atoms with van der Waals surface area (Å²) < 4.78 is 0. The number of nitrogens with zero attached hydrogens (tertiary/aromatic N) is 2. The van der Waals surface area contributed by atoms with Crippen LogP contribution in [0.3, 0.4) is 0 Å². The van der Waals surface area contributed by atoms with Gasteiger partial charge >= 0.3 is 0 Å². The Balaban J connectivity index is 2.87. The van der Waals surface area contributed by atoms with Crippen molar-refractivity contribution in [3.63, 3.8) is 0 Å². The number of hydrogen-bond donors (Lipinski definition) is 2. The van der Waals surface area contributed by atoms with Crippen LogP contribution >= 0.6 is 0 Å². The fraction of sp³-hybridized carbons (Fsp3) is 0.200. The van der Waals surface area contributed by atoms with Gasteiger partial charge in [-0.05, 0) is 25.5 Å². The second-order valence-electron chi connectivity index (χ2n) is 3.23. The third-order valence-corrected chi connectivity index (χ3v) is 2.18. The molecule has 2 aromatic rings. The molecular weight excluding hydrogens is 176 g/mol. The Hall–Kier alpha value is -1.68. The molecule has 72 valence electrons. The maximum Gasteiger partial charge on any atom is 0.151 e. The van der Waals surface area contributed by atoms with E-state index in [1.165, 1.54) is 0 Å². The van der Waals surface area contributed by atoms with E-state index in [1.54, 1.807) is 0 Å². The van der Waals surface area contributed by atoms with Crippen LogP contribution in [0.1, 0.15) is 11.4 Å².